The van der Waals surface area contributed by atoms with E-state index < -0.39 is 0 Å². The number of hydrogen-bond donors (Lipinski definition) is 1. The number of carbonyl (C=O) groups excluding carboxylic acids is 2. The maximum atomic E-state index is 12.5. The minimum atomic E-state index is -0.113. The van der Waals surface area contributed by atoms with E-state index in [-0.39, 0.29) is 11.8 Å². The van der Waals surface area contributed by atoms with E-state index in [0.29, 0.717) is 30.4 Å². The number of anilines is 1. The minimum Gasteiger partial charge on any atom is -0.322 e. The number of Topliss-reactive ketones (excluding diaryl/α,β-unsaturated/α-hetero) is 1. The first kappa shape index (κ1) is 18.1. The second kappa shape index (κ2) is 8.15. The fourth-order valence-electron chi connectivity index (χ4n) is 3.27. The Hall–Kier alpha value is -2.66. The number of hydrogen-bond acceptors (Lipinski definition) is 3. The Morgan fingerprint density at radius 3 is 2.31 bits per heavy atom. The Morgan fingerprint density at radius 1 is 0.962 bits per heavy atom. The molecular formula is C21H25N3O2. The van der Waals surface area contributed by atoms with Crippen LogP contribution < -0.4 is 5.32 Å². The zero-order valence-electron chi connectivity index (χ0n) is 15.3. The molecule has 1 saturated heterocycles. The summed E-state index contributed by atoms with van der Waals surface area (Å²) in [6.07, 6.45) is 0. The second-order valence-corrected chi connectivity index (χ2v) is 6.68. The molecule has 26 heavy (non-hydrogen) atoms. The molecule has 0 saturated carbocycles. The van der Waals surface area contributed by atoms with Gasteiger partial charge in [0, 0.05) is 43.5 Å². The van der Waals surface area contributed by atoms with Crippen molar-refractivity contribution in [2.45, 2.75) is 19.9 Å². The van der Waals surface area contributed by atoms with Crippen molar-refractivity contribution >= 4 is 17.5 Å². The van der Waals surface area contributed by atoms with E-state index in [0.717, 1.165) is 13.1 Å². The molecule has 1 aliphatic heterocycles. The van der Waals surface area contributed by atoms with Gasteiger partial charge in [0.05, 0.1) is 0 Å². The maximum absolute atomic E-state index is 12.5. The smallest absolute Gasteiger partial charge is 0.321 e. The van der Waals surface area contributed by atoms with Crippen molar-refractivity contribution in [3.63, 3.8) is 0 Å². The molecular weight excluding hydrogens is 326 g/mol. The van der Waals surface area contributed by atoms with Crippen molar-refractivity contribution in [3.8, 4) is 0 Å². The molecule has 0 aromatic heterocycles. The number of benzene rings is 2. The van der Waals surface area contributed by atoms with Crippen LogP contribution in [0.25, 0.3) is 0 Å². The Bertz CT molecular complexity index is 768. The Kier molecular flexibility index (Phi) is 5.68. The molecule has 1 fully saturated rings. The largest absolute Gasteiger partial charge is 0.322 e. The topological polar surface area (TPSA) is 52.7 Å². The fraction of sp³-hybridized carbons (Fsp3) is 0.333. The highest BCUT2D eigenvalue weighted by atomic mass is 16.2. The van der Waals surface area contributed by atoms with Crippen molar-refractivity contribution in [3.05, 3.63) is 65.7 Å². The van der Waals surface area contributed by atoms with Gasteiger partial charge in [-0.05, 0) is 31.5 Å². The first-order valence-corrected chi connectivity index (χ1v) is 9.00. The molecule has 3 rings (SSSR count). The Balaban J connectivity index is 1.55. The molecule has 0 bridgehead atoms. The SMILES string of the molecule is CC(=O)c1cccc(NC(=O)N2CCN(C(C)c3ccccc3)CC2)c1. The van der Waals surface area contributed by atoms with Gasteiger partial charge in [0.15, 0.2) is 5.78 Å². The summed E-state index contributed by atoms with van der Waals surface area (Å²) in [6, 6.07) is 17.7. The predicted molar refractivity (Wildman–Crippen MR) is 103 cm³/mol. The van der Waals surface area contributed by atoms with Crippen molar-refractivity contribution < 1.29 is 9.59 Å². The summed E-state index contributed by atoms with van der Waals surface area (Å²) in [5, 5.41) is 2.90. The molecule has 1 aliphatic rings. The summed E-state index contributed by atoms with van der Waals surface area (Å²) < 4.78 is 0. The molecule has 1 heterocycles. The van der Waals surface area contributed by atoms with Gasteiger partial charge in [-0.3, -0.25) is 9.69 Å². The van der Waals surface area contributed by atoms with Crippen LogP contribution in [-0.2, 0) is 0 Å². The highest BCUT2D eigenvalue weighted by molar-refractivity contribution is 5.96. The highest BCUT2D eigenvalue weighted by Crippen LogP contribution is 2.21. The normalized spacial score (nSPS) is 16.2. The van der Waals surface area contributed by atoms with Crippen molar-refractivity contribution in [2.75, 3.05) is 31.5 Å². The van der Waals surface area contributed by atoms with Gasteiger partial charge >= 0.3 is 6.03 Å². The maximum Gasteiger partial charge on any atom is 0.321 e. The first-order valence-electron chi connectivity index (χ1n) is 9.00. The van der Waals surface area contributed by atoms with Crippen molar-refractivity contribution in [2.24, 2.45) is 0 Å². The molecule has 0 radical (unpaired) electrons. The average Bonchev–Trinajstić information content (AvgIpc) is 2.68. The van der Waals surface area contributed by atoms with E-state index >= 15 is 0 Å². The standard InChI is InChI=1S/C21H25N3O2/c1-16(18-7-4-3-5-8-18)23-11-13-24(14-12-23)21(26)22-20-10-6-9-19(15-20)17(2)25/h3-10,15-16H,11-14H2,1-2H3,(H,22,26). The lowest BCUT2D eigenvalue weighted by Gasteiger charge is -2.38. The second-order valence-electron chi connectivity index (χ2n) is 6.68. The zero-order valence-corrected chi connectivity index (χ0v) is 15.3. The van der Waals surface area contributed by atoms with Crippen LogP contribution in [0.3, 0.4) is 0 Å². The lowest BCUT2D eigenvalue weighted by atomic mass is 10.1. The molecule has 0 aliphatic carbocycles. The van der Waals surface area contributed by atoms with Crippen LogP contribution in [-0.4, -0.2) is 47.8 Å². The van der Waals surface area contributed by atoms with Crippen LogP contribution in [0, 0.1) is 0 Å². The van der Waals surface area contributed by atoms with E-state index in [9.17, 15) is 9.59 Å². The van der Waals surface area contributed by atoms with Gasteiger partial charge in [-0.2, -0.15) is 0 Å². The van der Waals surface area contributed by atoms with Gasteiger partial charge in [-0.15, -0.1) is 0 Å². The Labute approximate surface area is 154 Å². The molecule has 1 N–H and O–H groups in total. The first-order chi connectivity index (χ1) is 12.5. The summed E-state index contributed by atoms with van der Waals surface area (Å²) in [4.78, 5) is 28.2. The van der Waals surface area contributed by atoms with Crippen LogP contribution >= 0.6 is 0 Å². The number of rotatable bonds is 4. The molecule has 2 amide bonds. The molecule has 2 aromatic rings. The van der Waals surface area contributed by atoms with E-state index in [1.54, 1.807) is 24.3 Å². The summed E-state index contributed by atoms with van der Waals surface area (Å²) in [5.41, 5.74) is 2.55. The third kappa shape index (κ3) is 4.29. The van der Waals surface area contributed by atoms with Gasteiger partial charge in [-0.25, -0.2) is 4.79 Å². The number of urea groups is 1. The summed E-state index contributed by atoms with van der Waals surface area (Å²) >= 11 is 0. The zero-order chi connectivity index (χ0) is 18.5. The van der Waals surface area contributed by atoms with Gasteiger partial charge in [-0.1, -0.05) is 42.5 Å². The summed E-state index contributed by atoms with van der Waals surface area (Å²) in [5.74, 6) is -0.00962. The minimum absolute atomic E-state index is 0.00962. The number of ketones is 1. The lowest BCUT2D eigenvalue weighted by Crippen LogP contribution is -2.50. The van der Waals surface area contributed by atoms with Gasteiger partial charge in [0.25, 0.3) is 0 Å². The molecule has 1 unspecified atom stereocenters. The summed E-state index contributed by atoms with van der Waals surface area (Å²) in [6.45, 7) is 6.80. The monoisotopic (exact) mass is 351 g/mol. The summed E-state index contributed by atoms with van der Waals surface area (Å²) in [7, 11) is 0. The van der Waals surface area contributed by atoms with E-state index in [4.69, 9.17) is 0 Å². The fourth-order valence-corrected chi connectivity index (χ4v) is 3.27. The van der Waals surface area contributed by atoms with Crippen LogP contribution in [0.4, 0.5) is 10.5 Å². The molecule has 136 valence electrons. The van der Waals surface area contributed by atoms with Crippen LogP contribution in [0.15, 0.2) is 54.6 Å². The number of nitrogens with one attached hydrogen (secondary N) is 1. The third-order valence-electron chi connectivity index (χ3n) is 4.95. The van der Waals surface area contributed by atoms with Crippen LogP contribution in [0.5, 0.6) is 0 Å². The van der Waals surface area contributed by atoms with E-state index in [1.165, 1.54) is 12.5 Å². The highest BCUT2D eigenvalue weighted by Gasteiger charge is 2.24. The van der Waals surface area contributed by atoms with Gasteiger partial charge in [0.1, 0.15) is 0 Å². The Morgan fingerprint density at radius 2 is 1.65 bits per heavy atom. The van der Waals surface area contributed by atoms with Gasteiger partial charge in [0.2, 0.25) is 0 Å². The molecule has 2 aromatic carbocycles. The molecule has 5 nitrogen and oxygen atoms in total. The van der Waals surface area contributed by atoms with Crippen LogP contribution in [0.1, 0.15) is 35.8 Å². The number of carbonyl (C=O) groups is 2. The third-order valence-corrected chi connectivity index (χ3v) is 4.95. The van der Waals surface area contributed by atoms with Crippen LogP contribution in [0.2, 0.25) is 0 Å². The average molecular weight is 351 g/mol. The quantitative estimate of drug-likeness (QED) is 0.853. The van der Waals surface area contributed by atoms with E-state index in [1.807, 2.05) is 11.0 Å². The molecule has 5 heteroatoms. The van der Waals surface area contributed by atoms with Crippen molar-refractivity contribution in [1.82, 2.24) is 9.80 Å². The number of nitrogens with zero attached hydrogens (tertiary/aromatic N) is 2. The predicted octanol–water partition coefficient (Wildman–Crippen LogP) is 3.80. The number of piperazine rings is 1. The molecule has 1 atom stereocenters. The van der Waals surface area contributed by atoms with E-state index in [2.05, 4.69) is 41.4 Å². The van der Waals surface area contributed by atoms with Crippen molar-refractivity contribution in [1.29, 1.82) is 0 Å². The van der Waals surface area contributed by atoms with Gasteiger partial charge < -0.3 is 10.2 Å². The lowest BCUT2D eigenvalue weighted by molar-refractivity contribution is 0.101. The number of amides is 2. The molecule has 0 spiro atoms.